The van der Waals surface area contributed by atoms with Gasteiger partial charge in [0.25, 0.3) is 10.0 Å². The molecular weight excluding hydrogens is 498 g/mol. The molecule has 0 radical (unpaired) electrons. The Labute approximate surface area is 192 Å². The first-order valence-corrected chi connectivity index (χ1v) is 11.6. The monoisotopic (exact) mass is 513 g/mol. The Balaban J connectivity index is 2.15. The van der Waals surface area contributed by atoms with Gasteiger partial charge in [0.15, 0.2) is 0 Å². The van der Waals surface area contributed by atoms with Crippen LogP contribution in [0.15, 0.2) is 82.2 Å². The van der Waals surface area contributed by atoms with Crippen LogP contribution in [0, 0.1) is 0 Å². The Morgan fingerprint density at radius 3 is 2.28 bits per heavy atom. The van der Waals surface area contributed by atoms with Crippen LogP contribution in [0.4, 0.5) is 0 Å². The molecule has 0 spiro atoms. The van der Waals surface area contributed by atoms with Gasteiger partial charge in [-0.15, -0.1) is 0 Å². The van der Waals surface area contributed by atoms with E-state index in [0.717, 1.165) is 3.97 Å². The summed E-state index contributed by atoms with van der Waals surface area (Å²) in [4.78, 5) is 25.9. The van der Waals surface area contributed by atoms with Gasteiger partial charge in [-0.25, -0.2) is 17.2 Å². The Bertz CT molecular complexity index is 1480. The van der Waals surface area contributed by atoms with Gasteiger partial charge in [-0.3, -0.25) is 4.79 Å². The molecule has 0 fully saturated rings. The second kappa shape index (κ2) is 8.25. The topological polar surface area (TPSA) is 103 Å². The van der Waals surface area contributed by atoms with E-state index in [0.29, 0.717) is 4.47 Å². The summed E-state index contributed by atoms with van der Waals surface area (Å²) in [7, 11) is -2.94. The zero-order valence-electron chi connectivity index (χ0n) is 16.7. The van der Waals surface area contributed by atoms with E-state index in [2.05, 4.69) is 15.9 Å². The van der Waals surface area contributed by atoms with Crippen molar-refractivity contribution in [3.05, 3.63) is 94.1 Å². The fourth-order valence-corrected chi connectivity index (χ4v) is 5.47. The number of aromatic carboxylic acids is 1. The molecule has 7 nitrogen and oxygen atoms in total. The minimum Gasteiger partial charge on any atom is -0.496 e. The van der Waals surface area contributed by atoms with Crippen molar-refractivity contribution < 1.29 is 27.9 Å². The normalized spacial score (nSPS) is 11.4. The molecule has 4 aromatic rings. The van der Waals surface area contributed by atoms with Crippen molar-refractivity contribution in [3.8, 4) is 5.75 Å². The van der Waals surface area contributed by atoms with E-state index in [1.54, 1.807) is 36.4 Å². The molecule has 0 saturated heterocycles. The number of aromatic nitrogens is 1. The zero-order valence-corrected chi connectivity index (χ0v) is 19.1. The van der Waals surface area contributed by atoms with Crippen LogP contribution in [0.5, 0.6) is 5.75 Å². The SMILES string of the molecule is COc1ccc(Br)cc1C(=O)c1c(C(=O)O)c2ccccc2n1S(=O)(=O)c1ccccc1. The van der Waals surface area contributed by atoms with Crippen LogP contribution in [0.2, 0.25) is 0 Å². The van der Waals surface area contributed by atoms with Gasteiger partial charge < -0.3 is 9.84 Å². The molecule has 0 unspecified atom stereocenters. The highest BCUT2D eigenvalue weighted by molar-refractivity contribution is 9.10. The Morgan fingerprint density at radius 2 is 1.62 bits per heavy atom. The molecular formula is C23H16BrNO6S. The number of halogens is 1. The Morgan fingerprint density at radius 1 is 0.969 bits per heavy atom. The van der Waals surface area contributed by atoms with Gasteiger partial charge in [0, 0.05) is 9.86 Å². The molecule has 162 valence electrons. The fraction of sp³-hybridized carbons (Fsp3) is 0.0435. The van der Waals surface area contributed by atoms with Gasteiger partial charge in [0.1, 0.15) is 11.4 Å². The third-order valence-corrected chi connectivity index (χ3v) is 7.17. The molecule has 4 rings (SSSR count). The number of hydrogen-bond donors (Lipinski definition) is 1. The van der Waals surface area contributed by atoms with Crippen molar-refractivity contribution >= 4 is 48.6 Å². The quantitative estimate of drug-likeness (QED) is 0.378. The van der Waals surface area contributed by atoms with Crippen LogP contribution in [0.1, 0.15) is 26.4 Å². The lowest BCUT2D eigenvalue weighted by Crippen LogP contribution is -2.21. The molecule has 0 aliphatic rings. The average molecular weight is 514 g/mol. The number of carboxylic acid groups (broad SMARTS) is 1. The van der Waals surface area contributed by atoms with Gasteiger partial charge in [-0.1, -0.05) is 52.3 Å². The highest BCUT2D eigenvalue weighted by atomic mass is 79.9. The summed E-state index contributed by atoms with van der Waals surface area (Å²) in [5.41, 5.74) is -0.756. The minimum absolute atomic E-state index is 0.0247. The predicted octanol–water partition coefficient (Wildman–Crippen LogP) is 4.58. The number of rotatable bonds is 6. The second-order valence-corrected chi connectivity index (χ2v) is 9.50. The standard InChI is InChI=1S/C23H16BrNO6S/c1-31-19-12-11-14(24)13-17(19)22(26)21-20(23(27)28)16-9-5-6-10-18(16)25(21)32(29,30)15-7-3-2-4-8-15/h2-13H,1H3,(H,27,28). The number of carboxylic acids is 1. The van der Waals surface area contributed by atoms with E-state index in [4.69, 9.17) is 4.74 Å². The molecule has 0 aliphatic carbocycles. The molecule has 0 bridgehead atoms. The minimum atomic E-state index is -4.31. The first-order valence-electron chi connectivity index (χ1n) is 9.33. The summed E-state index contributed by atoms with van der Waals surface area (Å²) in [6, 6.07) is 18.3. The third kappa shape index (κ3) is 3.49. The maximum atomic E-state index is 13.7. The Hall–Kier alpha value is -3.43. The largest absolute Gasteiger partial charge is 0.496 e. The molecule has 0 saturated carbocycles. The number of ketones is 1. The third-order valence-electron chi connectivity index (χ3n) is 4.95. The summed E-state index contributed by atoms with van der Waals surface area (Å²) in [6.07, 6.45) is 0. The lowest BCUT2D eigenvalue weighted by atomic mass is 10.0. The summed E-state index contributed by atoms with van der Waals surface area (Å²) in [5.74, 6) is -2.03. The van der Waals surface area contributed by atoms with Crippen LogP contribution in [0.3, 0.4) is 0 Å². The predicted molar refractivity (Wildman–Crippen MR) is 122 cm³/mol. The van der Waals surface area contributed by atoms with Gasteiger partial charge >= 0.3 is 5.97 Å². The number of fused-ring (bicyclic) bond motifs is 1. The highest BCUT2D eigenvalue weighted by Gasteiger charge is 2.34. The van der Waals surface area contributed by atoms with Crippen LogP contribution in [-0.4, -0.2) is 36.4 Å². The van der Waals surface area contributed by atoms with Crippen LogP contribution in [0.25, 0.3) is 10.9 Å². The number of para-hydroxylation sites is 1. The number of ether oxygens (including phenoxy) is 1. The molecule has 9 heteroatoms. The molecule has 1 N–H and O–H groups in total. The van der Waals surface area contributed by atoms with Gasteiger partial charge in [0.2, 0.25) is 5.78 Å². The first kappa shape index (κ1) is 21.8. The van der Waals surface area contributed by atoms with Crippen LogP contribution >= 0.6 is 15.9 Å². The summed E-state index contributed by atoms with van der Waals surface area (Å²) in [5, 5.41) is 10.1. The van der Waals surface area contributed by atoms with Crippen molar-refractivity contribution in [2.75, 3.05) is 7.11 Å². The van der Waals surface area contributed by atoms with Crippen molar-refractivity contribution in [1.82, 2.24) is 3.97 Å². The maximum Gasteiger partial charge on any atom is 0.338 e. The summed E-state index contributed by atoms with van der Waals surface area (Å²) in [6.45, 7) is 0. The summed E-state index contributed by atoms with van der Waals surface area (Å²) >= 11 is 3.29. The Kier molecular flexibility index (Phi) is 5.62. The number of carbonyl (C=O) groups excluding carboxylic acids is 1. The van der Waals surface area contributed by atoms with Gasteiger partial charge in [0.05, 0.1) is 28.6 Å². The van der Waals surface area contributed by atoms with E-state index in [1.807, 2.05) is 0 Å². The average Bonchev–Trinajstić information content (AvgIpc) is 3.15. The molecule has 1 heterocycles. The van der Waals surface area contributed by atoms with Gasteiger partial charge in [-0.05, 0) is 36.4 Å². The zero-order chi connectivity index (χ0) is 23.0. The first-order chi connectivity index (χ1) is 15.3. The molecule has 1 aromatic heterocycles. The van der Waals surface area contributed by atoms with Crippen molar-refractivity contribution in [1.29, 1.82) is 0 Å². The lowest BCUT2D eigenvalue weighted by Gasteiger charge is -2.14. The second-order valence-electron chi connectivity index (χ2n) is 6.80. The maximum absolute atomic E-state index is 13.7. The number of nitrogens with zero attached hydrogens (tertiary/aromatic N) is 1. The number of benzene rings is 3. The molecule has 0 atom stereocenters. The number of hydrogen-bond acceptors (Lipinski definition) is 5. The van der Waals surface area contributed by atoms with Gasteiger partial charge in [-0.2, -0.15) is 0 Å². The lowest BCUT2D eigenvalue weighted by molar-refractivity contribution is 0.0694. The highest BCUT2D eigenvalue weighted by Crippen LogP contribution is 2.34. The number of carbonyl (C=O) groups is 2. The smallest absolute Gasteiger partial charge is 0.338 e. The van der Waals surface area contributed by atoms with E-state index >= 15 is 0 Å². The van der Waals surface area contributed by atoms with Crippen molar-refractivity contribution in [2.45, 2.75) is 4.90 Å². The van der Waals surface area contributed by atoms with Crippen LogP contribution < -0.4 is 4.74 Å². The summed E-state index contributed by atoms with van der Waals surface area (Å²) < 4.78 is 33.9. The van der Waals surface area contributed by atoms with E-state index in [1.165, 1.54) is 43.5 Å². The molecule has 0 amide bonds. The van der Waals surface area contributed by atoms with Crippen molar-refractivity contribution in [3.63, 3.8) is 0 Å². The van der Waals surface area contributed by atoms with Crippen LogP contribution in [-0.2, 0) is 10.0 Å². The fourth-order valence-electron chi connectivity index (χ4n) is 3.57. The van der Waals surface area contributed by atoms with E-state index < -0.39 is 33.0 Å². The molecule has 0 aliphatic heterocycles. The van der Waals surface area contributed by atoms with E-state index in [-0.39, 0.29) is 27.1 Å². The molecule has 3 aromatic carbocycles. The molecule has 32 heavy (non-hydrogen) atoms. The van der Waals surface area contributed by atoms with Crippen molar-refractivity contribution in [2.24, 2.45) is 0 Å². The number of methoxy groups -OCH3 is 1. The van der Waals surface area contributed by atoms with E-state index in [9.17, 15) is 23.1 Å².